The highest BCUT2D eigenvalue weighted by atomic mass is 16.5. The van der Waals surface area contributed by atoms with Crippen LogP contribution in [0, 0.1) is 0 Å². The van der Waals surface area contributed by atoms with E-state index in [2.05, 4.69) is 4.74 Å². The van der Waals surface area contributed by atoms with Gasteiger partial charge < -0.3 is 13.9 Å². The first-order chi connectivity index (χ1) is 9.20. The summed E-state index contributed by atoms with van der Waals surface area (Å²) in [6.45, 7) is 2.37. The first-order valence-corrected chi connectivity index (χ1v) is 6.04. The third-order valence-electron chi connectivity index (χ3n) is 2.76. The second-order valence-electron chi connectivity index (χ2n) is 4.13. The topological polar surface area (TPSA) is 48.7 Å². The second-order valence-corrected chi connectivity index (χ2v) is 4.13. The fourth-order valence-electron chi connectivity index (χ4n) is 1.66. The third-order valence-corrected chi connectivity index (χ3v) is 2.76. The van der Waals surface area contributed by atoms with Crippen molar-refractivity contribution in [3.05, 3.63) is 59.5 Å². The number of carbonyl (C=O) groups is 1. The summed E-state index contributed by atoms with van der Waals surface area (Å²) in [5.41, 5.74) is 1.09. The van der Waals surface area contributed by atoms with Crippen LogP contribution in [0.2, 0.25) is 0 Å². The molecule has 2 aromatic rings. The van der Waals surface area contributed by atoms with E-state index in [0.29, 0.717) is 12.4 Å². The predicted octanol–water partition coefficient (Wildman–Crippen LogP) is 3.34. The number of benzene rings is 1. The molecule has 1 aromatic carbocycles. The van der Waals surface area contributed by atoms with Gasteiger partial charge in [-0.1, -0.05) is 30.3 Å². The third kappa shape index (κ3) is 3.45. The van der Waals surface area contributed by atoms with Crippen molar-refractivity contribution in [2.24, 2.45) is 0 Å². The molecule has 0 radical (unpaired) electrons. The number of carbonyl (C=O) groups excluding carboxylic acids is 1. The highest BCUT2D eigenvalue weighted by molar-refractivity contribution is 5.86. The number of furan rings is 1. The van der Waals surface area contributed by atoms with Crippen LogP contribution in [-0.4, -0.2) is 13.1 Å². The summed E-state index contributed by atoms with van der Waals surface area (Å²) < 4.78 is 15.7. The lowest BCUT2D eigenvalue weighted by Gasteiger charge is -2.10. The zero-order valence-electron chi connectivity index (χ0n) is 11.0. The minimum atomic E-state index is -0.485. The highest BCUT2D eigenvalue weighted by Crippen LogP contribution is 2.21. The Balaban J connectivity index is 1.94. The SMILES string of the molecule is COC(=O)c1ccc(C(C)OCc2ccccc2)o1. The Bertz CT molecular complexity index is 530. The molecular weight excluding hydrogens is 244 g/mol. The van der Waals surface area contributed by atoms with Crippen LogP contribution in [0.25, 0.3) is 0 Å². The minimum Gasteiger partial charge on any atom is -0.463 e. The Labute approximate surface area is 111 Å². The molecule has 1 heterocycles. The van der Waals surface area contributed by atoms with E-state index in [1.807, 2.05) is 37.3 Å². The van der Waals surface area contributed by atoms with Crippen molar-refractivity contribution in [3.63, 3.8) is 0 Å². The zero-order valence-corrected chi connectivity index (χ0v) is 11.0. The van der Waals surface area contributed by atoms with Crippen LogP contribution >= 0.6 is 0 Å². The van der Waals surface area contributed by atoms with Gasteiger partial charge in [0, 0.05) is 0 Å². The Morgan fingerprint density at radius 1 is 1.21 bits per heavy atom. The monoisotopic (exact) mass is 260 g/mol. The van der Waals surface area contributed by atoms with E-state index in [1.165, 1.54) is 7.11 Å². The molecule has 1 unspecified atom stereocenters. The van der Waals surface area contributed by atoms with Crippen molar-refractivity contribution >= 4 is 5.97 Å². The molecule has 0 amide bonds. The molecule has 4 nitrogen and oxygen atoms in total. The summed E-state index contributed by atoms with van der Waals surface area (Å²) in [5.74, 6) is 0.311. The zero-order chi connectivity index (χ0) is 13.7. The maximum absolute atomic E-state index is 11.3. The molecule has 0 fully saturated rings. The van der Waals surface area contributed by atoms with E-state index < -0.39 is 5.97 Å². The predicted molar refractivity (Wildman–Crippen MR) is 69.7 cm³/mol. The van der Waals surface area contributed by atoms with Crippen LogP contribution in [0.15, 0.2) is 46.9 Å². The average Bonchev–Trinajstić information content (AvgIpc) is 2.95. The molecule has 0 bridgehead atoms. The molecule has 0 saturated heterocycles. The van der Waals surface area contributed by atoms with Gasteiger partial charge in [-0.3, -0.25) is 0 Å². The molecule has 1 atom stereocenters. The van der Waals surface area contributed by atoms with Crippen LogP contribution in [0.4, 0.5) is 0 Å². The lowest BCUT2D eigenvalue weighted by molar-refractivity contribution is 0.0350. The fraction of sp³-hybridized carbons (Fsp3) is 0.267. The molecule has 0 aliphatic carbocycles. The Morgan fingerprint density at radius 3 is 2.63 bits per heavy atom. The van der Waals surface area contributed by atoms with Crippen LogP contribution < -0.4 is 0 Å². The van der Waals surface area contributed by atoms with Gasteiger partial charge in [0.1, 0.15) is 11.9 Å². The molecule has 0 aliphatic rings. The number of methoxy groups -OCH3 is 1. The molecule has 100 valence electrons. The highest BCUT2D eigenvalue weighted by Gasteiger charge is 2.15. The fourth-order valence-corrected chi connectivity index (χ4v) is 1.66. The summed E-state index contributed by atoms with van der Waals surface area (Å²) in [6.07, 6.45) is -0.224. The average molecular weight is 260 g/mol. The molecule has 0 N–H and O–H groups in total. The maximum Gasteiger partial charge on any atom is 0.373 e. The molecule has 0 aliphatic heterocycles. The van der Waals surface area contributed by atoms with Crippen LogP contribution in [0.5, 0.6) is 0 Å². The van der Waals surface area contributed by atoms with Crippen LogP contribution in [0.1, 0.15) is 34.9 Å². The van der Waals surface area contributed by atoms with Crippen molar-refractivity contribution < 1.29 is 18.7 Å². The van der Waals surface area contributed by atoms with Gasteiger partial charge in [0.25, 0.3) is 0 Å². The van der Waals surface area contributed by atoms with Crippen molar-refractivity contribution in [2.75, 3.05) is 7.11 Å². The Hall–Kier alpha value is -2.07. The molecule has 2 rings (SSSR count). The number of esters is 1. The van der Waals surface area contributed by atoms with Gasteiger partial charge >= 0.3 is 5.97 Å². The molecule has 4 heteroatoms. The van der Waals surface area contributed by atoms with Crippen LogP contribution in [0.3, 0.4) is 0 Å². The molecule has 0 saturated carbocycles. The lowest BCUT2D eigenvalue weighted by Crippen LogP contribution is -2.00. The standard InChI is InChI=1S/C15H16O4/c1-11(18-10-12-6-4-3-5-7-12)13-8-9-14(19-13)15(16)17-2/h3-9,11H,10H2,1-2H3. The van der Waals surface area contributed by atoms with E-state index in [4.69, 9.17) is 9.15 Å². The second kappa shape index (κ2) is 6.20. The van der Waals surface area contributed by atoms with E-state index in [0.717, 1.165) is 5.56 Å². The first kappa shape index (κ1) is 13.4. The number of hydrogen-bond donors (Lipinski definition) is 0. The Kier molecular flexibility index (Phi) is 4.36. The van der Waals surface area contributed by atoms with E-state index >= 15 is 0 Å². The summed E-state index contributed by atoms with van der Waals surface area (Å²) >= 11 is 0. The lowest BCUT2D eigenvalue weighted by atomic mass is 10.2. The Morgan fingerprint density at radius 2 is 1.95 bits per heavy atom. The van der Waals surface area contributed by atoms with Gasteiger partial charge in [-0.2, -0.15) is 0 Å². The van der Waals surface area contributed by atoms with Crippen molar-refractivity contribution in [1.82, 2.24) is 0 Å². The molecule has 0 spiro atoms. The van der Waals surface area contributed by atoms with Gasteiger partial charge in [0.15, 0.2) is 0 Å². The molecular formula is C15H16O4. The van der Waals surface area contributed by atoms with Gasteiger partial charge in [-0.25, -0.2) is 4.79 Å². The summed E-state index contributed by atoms with van der Waals surface area (Å²) in [7, 11) is 1.32. The normalized spacial score (nSPS) is 12.1. The maximum atomic E-state index is 11.3. The van der Waals surface area contributed by atoms with E-state index in [-0.39, 0.29) is 11.9 Å². The van der Waals surface area contributed by atoms with Gasteiger partial charge in [0.05, 0.1) is 13.7 Å². The molecule has 19 heavy (non-hydrogen) atoms. The summed E-state index contributed by atoms with van der Waals surface area (Å²) in [6, 6.07) is 13.2. The smallest absolute Gasteiger partial charge is 0.373 e. The van der Waals surface area contributed by atoms with Gasteiger partial charge in [-0.05, 0) is 24.6 Å². The van der Waals surface area contributed by atoms with Crippen molar-refractivity contribution in [2.45, 2.75) is 19.6 Å². The molecule has 1 aromatic heterocycles. The van der Waals surface area contributed by atoms with E-state index in [9.17, 15) is 4.79 Å². The van der Waals surface area contributed by atoms with Crippen molar-refractivity contribution in [1.29, 1.82) is 0 Å². The van der Waals surface area contributed by atoms with Crippen LogP contribution in [-0.2, 0) is 16.1 Å². The number of hydrogen-bond acceptors (Lipinski definition) is 4. The van der Waals surface area contributed by atoms with Crippen molar-refractivity contribution in [3.8, 4) is 0 Å². The van der Waals surface area contributed by atoms with Gasteiger partial charge in [-0.15, -0.1) is 0 Å². The summed E-state index contributed by atoms with van der Waals surface area (Å²) in [5, 5.41) is 0. The van der Waals surface area contributed by atoms with Gasteiger partial charge in [0.2, 0.25) is 5.76 Å². The minimum absolute atomic E-state index is 0.188. The summed E-state index contributed by atoms with van der Waals surface area (Å²) in [4.78, 5) is 11.3. The largest absolute Gasteiger partial charge is 0.463 e. The number of ether oxygens (including phenoxy) is 2. The first-order valence-electron chi connectivity index (χ1n) is 6.04. The van der Waals surface area contributed by atoms with E-state index in [1.54, 1.807) is 12.1 Å². The quantitative estimate of drug-likeness (QED) is 0.773. The number of rotatable bonds is 5.